The fourth-order valence-electron chi connectivity index (χ4n) is 4.09. The van der Waals surface area contributed by atoms with Crippen molar-refractivity contribution in [2.75, 3.05) is 0 Å². The van der Waals surface area contributed by atoms with Crippen molar-refractivity contribution in [3.8, 4) is 22.8 Å². The van der Waals surface area contributed by atoms with Gasteiger partial charge in [-0.15, -0.1) is 10.2 Å². The smallest absolute Gasteiger partial charge is 0.335 e. The number of nitrogens with zero attached hydrogens (tertiary/aromatic N) is 3. The Balaban J connectivity index is 1.57. The van der Waals surface area contributed by atoms with Gasteiger partial charge in [-0.1, -0.05) is 66.2 Å². The Morgan fingerprint density at radius 3 is 2.42 bits per heavy atom. The number of aromatic hydroxyl groups is 2. The van der Waals surface area contributed by atoms with Crippen LogP contribution in [0.4, 0.5) is 11.4 Å². The highest BCUT2D eigenvalue weighted by atomic mass is 35.5. The number of azo groups is 1. The number of carboxylic acids is 1. The van der Waals surface area contributed by atoms with E-state index < -0.39 is 5.97 Å². The molecule has 0 radical (unpaired) electrons. The van der Waals surface area contributed by atoms with E-state index in [-0.39, 0.29) is 28.6 Å². The van der Waals surface area contributed by atoms with Gasteiger partial charge in [-0.25, -0.2) is 4.79 Å². The Bertz CT molecular complexity index is 1630. The van der Waals surface area contributed by atoms with Crippen LogP contribution in [0.2, 0.25) is 5.02 Å². The molecule has 0 saturated heterocycles. The van der Waals surface area contributed by atoms with Crippen LogP contribution in [0.3, 0.4) is 0 Å². The summed E-state index contributed by atoms with van der Waals surface area (Å²) in [5.74, 6) is -1.30. The summed E-state index contributed by atoms with van der Waals surface area (Å²) in [5.41, 5.74) is 3.16. The lowest BCUT2D eigenvalue weighted by molar-refractivity contribution is 0.0697. The van der Waals surface area contributed by atoms with Crippen molar-refractivity contribution >= 4 is 39.8 Å². The molecule has 5 aromatic rings. The number of hydrogen-bond acceptors (Lipinski definition) is 5. The van der Waals surface area contributed by atoms with Gasteiger partial charge in [0.25, 0.3) is 0 Å². The molecule has 7 nitrogen and oxygen atoms in total. The maximum Gasteiger partial charge on any atom is 0.335 e. The first-order valence-corrected chi connectivity index (χ1v) is 11.4. The number of phenolic OH excluding ortho intramolecular Hbond substituents is 1. The van der Waals surface area contributed by atoms with Crippen LogP contribution in [-0.2, 0) is 6.54 Å². The van der Waals surface area contributed by atoms with Gasteiger partial charge in [-0.2, -0.15) is 0 Å². The van der Waals surface area contributed by atoms with Crippen molar-refractivity contribution in [3.63, 3.8) is 0 Å². The molecule has 5 rings (SSSR count). The highest BCUT2D eigenvalue weighted by Crippen LogP contribution is 2.43. The minimum absolute atomic E-state index is 0.0790. The standard InChI is InChI=1S/C28H20ClN3O4/c29-20-12-13-24-22(15-20)25(27(34)32(24)16-17-6-2-1-3-7-17)31-30-23-11-5-10-21(26(23)33)18-8-4-9-19(14-18)28(35)36/h1-15,33-34H,16H2,(H,35,36). The van der Waals surface area contributed by atoms with Crippen LogP contribution in [-0.4, -0.2) is 25.9 Å². The van der Waals surface area contributed by atoms with Gasteiger partial charge in [0.1, 0.15) is 5.69 Å². The lowest BCUT2D eigenvalue weighted by Gasteiger charge is -2.08. The number of aromatic carboxylic acids is 1. The van der Waals surface area contributed by atoms with E-state index in [1.807, 2.05) is 36.4 Å². The van der Waals surface area contributed by atoms with E-state index in [9.17, 15) is 20.1 Å². The van der Waals surface area contributed by atoms with E-state index in [0.717, 1.165) is 11.1 Å². The van der Waals surface area contributed by atoms with Crippen molar-refractivity contribution in [2.24, 2.45) is 10.2 Å². The van der Waals surface area contributed by atoms with Crippen molar-refractivity contribution in [1.29, 1.82) is 0 Å². The fourth-order valence-corrected chi connectivity index (χ4v) is 4.26. The molecular formula is C28H20ClN3O4. The first-order chi connectivity index (χ1) is 17.4. The van der Waals surface area contributed by atoms with Gasteiger partial charge in [0.2, 0.25) is 5.88 Å². The van der Waals surface area contributed by atoms with E-state index in [4.69, 9.17) is 11.6 Å². The Morgan fingerprint density at radius 1 is 0.861 bits per heavy atom. The Morgan fingerprint density at radius 2 is 1.64 bits per heavy atom. The fraction of sp³-hybridized carbons (Fsp3) is 0.0357. The number of fused-ring (bicyclic) bond motifs is 1. The number of aromatic nitrogens is 1. The molecule has 0 unspecified atom stereocenters. The van der Waals surface area contributed by atoms with Gasteiger partial charge in [-0.3, -0.25) is 0 Å². The summed E-state index contributed by atoms with van der Waals surface area (Å²) >= 11 is 6.23. The molecule has 1 aromatic heterocycles. The minimum Gasteiger partial charge on any atom is -0.505 e. The largest absolute Gasteiger partial charge is 0.505 e. The van der Waals surface area contributed by atoms with Gasteiger partial charge in [0, 0.05) is 16.0 Å². The summed E-state index contributed by atoms with van der Waals surface area (Å²) in [4.78, 5) is 11.3. The molecule has 0 spiro atoms. The molecule has 0 aliphatic heterocycles. The molecule has 3 N–H and O–H groups in total. The van der Waals surface area contributed by atoms with Gasteiger partial charge >= 0.3 is 5.97 Å². The number of carboxylic acid groups (broad SMARTS) is 1. The number of phenols is 1. The van der Waals surface area contributed by atoms with Crippen LogP contribution >= 0.6 is 11.6 Å². The molecule has 0 amide bonds. The number of para-hydroxylation sites is 1. The summed E-state index contributed by atoms with van der Waals surface area (Å²) in [6, 6.07) is 26.2. The Labute approximate surface area is 211 Å². The van der Waals surface area contributed by atoms with E-state index in [1.165, 1.54) is 12.1 Å². The summed E-state index contributed by atoms with van der Waals surface area (Å²) in [7, 11) is 0. The highest BCUT2D eigenvalue weighted by molar-refractivity contribution is 6.31. The third kappa shape index (κ3) is 4.39. The van der Waals surface area contributed by atoms with Crippen LogP contribution in [0.5, 0.6) is 11.6 Å². The molecule has 4 aromatic carbocycles. The highest BCUT2D eigenvalue weighted by Gasteiger charge is 2.18. The second kappa shape index (κ2) is 9.56. The second-order valence-electron chi connectivity index (χ2n) is 8.16. The van der Waals surface area contributed by atoms with Crippen molar-refractivity contribution in [1.82, 2.24) is 4.57 Å². The molecule has 0 aliphatic rings. The molecule has 0 atom stereocenters. The molecule has 0 bridgehead atoms. The average Bonchev–Trinajstić information content (AvgIpc) is 3.13. The molecular weight excluding hydrogens is 478 g/mol. The molecule has 0 saturated carbocycles. The predicted octanol–water partition coefficient (Wildman–Crippen LogP) is 7.53. The first-order valence-electron chi connectivity index (χ1n) is 11.0. The van der Waals surface area contributed by atoms with Crippen LogP contribution < -0.4 is 0 Å². The average molecular weight is 498 g/mol. The van der Waals surface area contributed by atoms with Crippen molar-refractivity contribution in [2.45, 2.75) is 6.54 Å². The first kappa shape index (κ1) is 23.1. The lowest BCUT2D eigenvalue weighted by atomic mass is 10.0. The molecule has 8 heteroatoms. The van der Waals surface area contributed by atoms with Crippen molar-refractivity contribution in [3.05, 3.63) is 107 Å². The molecule has 178 valence electrons. The van der Waals surface area contributed by atoms with Gasteiger partial charge < -0.3 is 19.9 Å². The molecule has 36 heavy (non-hydrogen) atoms. The SMILES string of the molecule is O=C(O)c1cccc(-c2cccc(N=Nc3c(O)n(Cc4ccccc4)c4ccc(Cl)cc34)c2O)c1. The maximum absolute atomic E-state index is 11.3. The second-order valence-corrected chi connectivity index (χ2v) is 8.60. The monoisotopic (exact) mass is 497 g/mol. The third-order valence-electron chi connectivity index (χ3n) is 5.85. The Kier molecular flexibility index (Phi) is 6.14. The number of benzene rings is 4. The molecule has 0 aliphatic carbocycles. The summed E-state index contributed by atoms with van der Waals surface area (Å²) < 4.78 is 1.73. The summed E-state index contributed by atoms with van der Waals surface area (Å²) in [5, 5.41) is 40.9. The number of rotatable bonds is 6. The topological polar surface area (TPSA) is 107 Å². The number of carbonyl (C=O) groups is 1. The van der Waals surface area contributed by atoms with Gasteiger partial charge in [0.15, 0.2) is 11.4 Å². The van der Waals surface area contributed by atoms with E-state index in [0.29, 0.717) is 28.1 Å². The predicted molar refractivity (Wildman–Crippen MR) is 139 cm³/mol. The normalized spacial score (nSPS) is 11.4. The zero-order chi connectivity index (χ0) is 25.2. The third-order valence-corrected chi connectivity index (χ3v) is 6.08. The summed E-state index contributed by atoms with van der Waals surface area (Å²) in [6.07, 6.45) is 0. The minimum atomic E-state index is -1.06. The number of hydrogen-bond donors (Lipinski definition) is 3. The molecule has 1 heterocycles. The van der Waals surface area contributed by atoms with Crippen LogP contribution in [0.15, 0.2) is 101 Å². The molecule has 0 fully saturated rings. The van der Waals surface area contributed by atoms with Crippen LogP contribution in [0, 0.1) is 0 Å². The van der Waals surface area contributed by atoms with Crippen LogP contribution in [0.25, 0.3) is 22.0 Å². The zero-order valence-electron chi connectivity index (χ0n) is 18.8. The lowest BCUT2D eigenvalue weighted by Crippen LogP contribution is -1.98. The van der Waals surface area contributed by atoms with Gasteiger partial charge in [0.05, 0.1) is 17.6 Å². The Hall–Kier alpha value is -4.62. The van der Waals surface area contributed by atoms with Crippen molar-refractivity contribution < 1.29 is 20.1 Å². The summed E-state index contributed by atoms with van der Waals surface area (Å²) in [6.45, 7) is 0.418. The zero-order valence-corrected chi connectivity index (χ0v) is 19.6. The number of halogens is 1. The quantitative estimate of drug-likeness (QED) is 0.211. The van der Waals surface area contributed by atoms with E-state index in [1.54, 1.807) is 47.0 Å². The maximum atomic E-state index is 11.3. The van der Waals surface area contributed by atoms with Gasteiger partial charge in [-0.05, 0) is 47.5 Å². The van der Waals surface area contributed by atoms with E-state index >= 15 is 0 Å². The van der Waals surface area contributed by atoms with E-state index in [2.05, 4.69) is 10.2 Å². The van der Waals surface area contributed by atoms with Crippen LogP contribution in [0.1, 0.15) is 15.9 Å².